The van der Waals surface area contributed by atoms with Crippen molar-refractivity contribution in [2.75, 3.05) is 0 Å². The van der Waals surface area contributed by atoms with Crippen molar-refractivity contribution < 1.29 is 29.4 Å². The zero-order valence-electron chi connectivity index (χ0n) is 18.5. The molecule has 6 nitrogen and oxygen atoms in total. The number of carbonyl (C=O) groups is 1. The van der Waals surface area contributed by atoms with Crippen LogP contribution < -0.4 is 0 Å². The predicted molar refractivity (Wildman–Crippen MR) is 101 cm³/mol. The van der Waals surface area contributed by atoms with Crippen LogP contribution in [0.1, 0.15) is 101 Å². The third-order valence-corrected chi connectivity index (χ3v) is 3.65. The van der Waals surface area contributed by atoms with Crippen LogP contribution in [0.15, 0.2) is 0 Å². The molecule has 1 atom stereocenters. The molecule has 0 saturated carbocycles. The first-order valence-electron chi connectivity index (χ1n) is 9.60. The van der Waals surface area contributed by atoms with Crippen LogP contribution >= 0.6 is 0 Å². The molecule has 0 aromatic rings. The maximum Gasteiger partial charge on any atom is 0.380 e. The van der Waals surface area contributed by atoms with Crippen molar-refractivity contribution in [3.63, 3.8) is 0 Å². The van der Waals surface area contributed by atoms with E-state index in [0.29, 0.717) is 12.8 Å². The predicted octanol–water partition coefficient (Wildman–Crippen LogP) is 5.69. The second-order valence-corrected chi connectivity index (χ2v) is 9.75. The second-order valence-electron chi connectivity index (χ2n) is 9.75. The van der Waals surface area contributed by atoms with Gasteiger partial charge >= 0.3 is 5.97 Å². The highest BCUT2D eigenvalue weighted by Gasteiger charge is 2.43. The molecule has 0 radical (unpaired) electrons. The fraction of sp³-hybridized carbons (Fsp3) is 0.950. The molecule has 0 fully saturated rings. The summed E-state index contributed by atoms with van der Waals surface area (Å²) in [6.07, 6.45) is 3.33. The topological polar surface area (TPSA) is 63.2 Å². The molecule has 0 aromatic carbocycles. The highest BCUT2D eigenvalue weighted by Crippen LogP contribution is 2.31. The average Bonchev–Trinajstić information content (AvgIpc) is 2.44. The monoisotopic (exact) mass is 376 g/mol. The molecule has 6 heteroatoms. The van der Waals surface area contributed by atoms with Gasteiger partial charge in [-0.2, -0.15) is 4.89 Å². The maximum absolute atomic E-state index is 12.7. The number of rotatable bonds is 11. The molecule has 0 aliphatic carbocycles. The van der Waals surface area contributed by atoms with Crippen molar-refractivity contribution in [1.82, 2.24) is 0 Å². The summed E-state index contributed by atoms with van der Waals surface area (Å²) in [7, 11) is 0. The van der Waals surface area contributed by atoms with Crippen LogP contribution in [0.3, 0.4) is 0 Å². The smallest absolute Gasteiger partial charge is 0.265 e. The Kier molecular flexibility index (Phi) is 9.75. The molecule has 156 valence electrons. The Morgan fingerprint density at radius 2 is 1.42 bits per heavy atom. The molecular formula is C20H40O6. The average molecular weight is 377 g/mol. The number of hydrogen-bond acceptors (Lipinski definition) is 6. The maximum atomic E-state index is 12.7. The second kappa shape index (κ2) is 10.0. The Morgan fingerprint density at radius 3 is 1.85 bits per heavy atom. The van der Waals surface area contributed by atoms with Gasteiger partial charge in [0.15, 0.2) is 0 Å². The van der Waals surface area contributed by atoms with Crippen molar-refractivity contribution in [3.05, 3.63) is 0 Å². The number of carbonyl (C=O) groups excluding carboxylic acids is 1. The van der Waals surface area contributed by atoms with Crippen molar-refractivity contribution in [1.29, 1.82) is 0 Å². The first-order valence-corrected chi connectivity index (χ1v) is 9.60. The number of unbranched alkanes of at least 4 members (excludes halogenated alkanes) is 1. The molecule has 0 saturated heterocycles. The van der Waals surface area contributed by atoms with Gasteiger partial charge in [0.1, 0.15) is 5.60 Å². The lowest BCUT2D eigenvalue weighted by Gasteiger charge is -2.32. The van der Waals surface area contributed by atoms with Gasteiger partial charge in [0.05, 0.1) is 5.60 Å². The Bertz CT molecular complexity index is 419. The van der Waals surface area contributed by atoms with Gasteiger partial charge in [-0.25, -0.2) is 14.6 Å². The van der Waals surface area contributed by atoms with E-state index in [1.165, 1.54) is 0 Å². The molecule has 0 bridgehead atoms. The Labute approximate surface area is 159 Å². The number of hydrogen-bond donors (Lipinski definition) is 0. The normalized spacial score (nSPS) is 15.6. The highest BCUT2D eigenvalue weighted by molar-refractivity contribution is 5.78. The van der Waals surface area contributed by atoms with Crippen molar-refractivity contribution in [3.8, 4) is 0 Å². The van der Waals surface area contributed by atoms with Crippen LogP contribution in [0, 0.1) is 5.41 Å². The lowest BCUT2D eigenvalue weighted by molar-refractivity contribution is -0.524. The molecule has 0 amide bonds. The minimum absolute atomic E-state index is 0.0504. The van der Waals surface area contributed by atoms with Gasteiger partial charge in [0.2, 0.25) is 5.60 Å². The fourth-order valence-corrected chi connectivity index (χ4v) is 2.75. The van der Waals surface area contributed by atoms with Crippen LogP contribution in [0.25, 0.3) is 0 Å². The van der Waals surface area contributed by atoms with Gasteiger partial charge < -0.3 is 0 Å². The summed E-state index contributed by atoms with van der Waals surface area (Å²) in [6.45, 7) is 19.6. The van der Waals surface area contributed by atoms with E-state index in [4.69, 9.17) is 24.6 Å². The zero-order chi connectivity index (χ0) is 20.6. The molecule has 0 spiro atoms. The summed E-state index contributed by atoms with van der Waals surface area (Å²) in [5, 5.41) is 4.84. The molecule has 26 heavy (non-hydrogen) atoms. The molecule has 0 rings (SSSR count). The summed E-state index contributed by atoms with van der Waals surface area (Å²) in [6, 6.07) is 0. The summed E-state index contributed by atoms with van der Waals surface area (Å²) in [4.78, 5) is 33.9. The molecule has 0 aromatic heterocycles. The third kappa shape index (κ3) is 10.5. The molecule has 1 unspecified atom stereocenters. The van der Waals surface area contributed by atoms with E-state index in [9.17, 15) is 4.79 Å². The van der Waals surface area contributed by atoms with Crippen molar-refractivity contribution >= 4 is 5.97 Å². The summed E-state index contributed by atoms with van der Waals surface area (Å²) >= 11 is 0. The van der Waals surface area contributed by atoms with E-state index in [0.717, 1.165) is 19.3 Å². The largest absolute Gasteiger partial charge is 0.380 e. The van der Waals surface area contributed by atoms with Gasteiger partial charge in [-0.15, -0.1) is 0 Å². The van der Waals surface area contributed by atoms with E-state index in [2.05, 4.69) is 20.8 Å². The molecule has 0 aliphatic heterocycles. The quantitative estimate of drug-likeness (QED) is 0.341. The van der Waals surface area contributed by atoms with E-state index in [1.54, 1.807) is 0 Å². The first-order chi connectivity index (χ1) is 11.7. The van der Waals surface area contributed by atoms with Gasteiger partial charge in [-0.3, -0.25) is 4.89 Å². The van der Waals surface area contributed by atoms with Crippen LogP contribution in [-0.2, 0) is 29.4 Å². The fourth-order valence-electron chi connectivity index (χ4n) is 2.75. The summed E-state index contributed by atoms with van der Waals surface area (Å²) < 4.78 is 0. The van der Waals surface area contributed by atoms with E-state index >= 15 is 0 Å². The first kappa shape index (κ1) is 25.3. The van der Waals surface area contributed by atoms with Gasteiger partial charge in [-0.1, -0.05) is 47.5 Å². The Balaban J connectivity index is 4.91. The minimum atomic E-state index is -1.22. The van der Waals surface area contributed by atoms with E-state index < -0.39 is 22.8 Å². The van der Waals surface area contributed by atoms with Gasteiger partial charge in [-0.05, 0) is 64.3 Å². The zero-order valence-corrected chi connectivity index (χ0v) is 18.5. The van der Waals surface area contributed by atoms with Crippen LogP contribution in [0.4, 0.5) is 0 Å². The van der Waals surface area contributed by atoms with Crippen LogP contribution in [0.5, 0.6) is 0 Å². The summed E-state index contributed by atoms with van der Waals surface area (Å²) in [5.74, 6) is -0.649. The summed E-state index contributed by atoms with van der Waals surface area (Å²) in [5.41, 5.74) is -2.31. The van der Waals surface area contributed by atoms with Crippen LogP contribution in [-0.4, -0.2) is 22.8 Å². The van der Waals surface area contributed by atoms with Gasteiger partial charge in [0.25, 0.3) is 0 Å². The Hall–Kier alpha value is -0.690. The van der Waals surface area contributed by atoms with Crippen molar-refractivity contribution in [2.45, 2.75) is 118 Å². The van der Waals surface area contributed by atoms with Crippen LogP contribution in [0.2, 0.25) is 0 Å². The molecule has 0 heterocycles. The lowest BCUT2D eigenvalue weighted by atomic mass is 9.84. The minimum Gasteiger partial charge on any atom is -0.265 e. The Morgan fingerprint density at radius 1 is 0.846 bits per heavy atom. The molecule has 0 aliphatic rings. The molecular weight excluding hydrogens is 336 g/mol. The molecule has 0 N–H and O–H groups in total. The van der Waals surface area contributed by atoms with E-state index in [-0.39, 0.29) is 5.41 Å². The van der Waals surface area contributed by atoms with Crippen molar-refractivity contribution in [2.24, 2.45) is 5.41 Å². The highest BCUT2D eigenvalue weighted by atomic mass is 17.5. The SMILES string of the molecule is CCCCC(CC)(OOC(C)(C)C)C(=O)OOOC(C)(C)CC(C)(C)C. The van der Waals surface area contributed by atoms with Gasteiger partial charge in [0, 0.05) is 0 Å². The standard InChI is InChI=1S/C20H40O6/c1-11-13-14-20(12-2,25-23-18(6,7)8)16(21)22-26-24-19(9,10)15-17(3,4)5/h11-15H2,1-10H3. The lowest BCUT2D eigenvalue weighted by Crippen LogP contribution is -2.44. The van der Waals surface area contributed by atoms with E-state index in [1.807, 2.05) is 48.5 Å². The third-order valence-electron chi connectivity index (χ3n) is 3.65.